The van der Waals surface area contributed by atoms with Crippen molar-refractivity contribution in [2.75, 3.05) is 12.1 Å². The topological polar surface area (TPSA) is 79.8 Å². The Balaban J connectivity index is 1.54. The van der Waals surface area contributed by atoms with E-state index in [1.807, 2.05) is 0 Å². The van der Waals surface area contributed by atoms with Crippen LogP contribution in [-0.2, 0) is 0 Å². The lowest BCUT2D eigenvalue weighted by Crippen LogP contribution is -2.40. The third kappa shape index (κ3) is 2.96. The first-order valence-corrected chi connectivity index (χ1v) is 6.86. The molecule has 2 amide bonds. The summed E-state index contributed by atoms with van der Waals surface area (Å²) in [7, 11) is 0. The minimum Gasteiger partial charge on any atom is -0.454 e. The predicted molar refractivity (Wildman–Crippen MR) is 73.0 cm³/mol. The predicted octanol–water partition coefficient (Wildman–Crippen LogP) is 1.84. The molecule has 0 atom stereocenters. The number of rotatable bonds is 2. The molecule has 1 aliphatic carbocycles. The van der Waals surface area contributed by atoms with Crippen LogP contribution in [0, 0.1) is 0 Å². The minimum atomic E-state index is -0.231. The molecule has 20 heavy (non-hydrogen) atoms. The SMILES string of the molecule is O=C(Nc1ccc2c(c1)OCO2)NC1CCC(O)CC1. The van der Waals surface area contributed by atoms with Gasteiger partial charge in [-0.2, -0.15) is 0 Å². The van der Waals surface area contributed by atoms with Crippen molar-refractivity contribution in [3.63, 3.8) is 0 Å². The molecule has 1 fully saturated rings. The van der Waals surface area contributed by atoms with Crippen LogP contribution in [0.4, 0.5) is 10.5 Å². The molecular formula is C14H18N2O4. The summed E-state index contributed by atoms with van der Waals surface area (Å²) in [6.07, 6.45) is 2.90. The van der Waals surface area contributed by atoms with Crippen LogP contribution in [0.2, 0.25) is 0 Å². The fraction of sp³-hybridized carbons (Fsp3) is 0.500. The van der Waals surface area contributed by atoms with E-state index in [0.717, 1.165) is 25.7 Å². The van der Waals surface area contributed by atoms with Gasteiger partial charge in [-0.3, -0.25) is 0 Å². The Bertz CT molecular complexity index is 498. The molecule has 0 bridgehead atoms. The molecule has 0 unspecified atom stereocenters. The van der Waals surface area contributed by atoms with Gasteiger partial charge in [0, 0.05) is 17.8 Å². The molecule has 1 saturated carbocycles. The second-order valence-electron chi connectivity index (χ2n) is 5.17. The summed E-state index contributed by atoms with van der Waals surface area (Å²) in [4.78, 5) is 11.9. The van der Waals surface area contributed by atoms with Gasteiger partial charge in [0.25, 0.3) is 0 Å². The number of benzene rings is 1. The van der Waals surface area contributed by atoms with Crippen LogP contribution in [0.5, 0.6) is 11.5 Å². The van der Waals surface area contributed by atoms with Crippen molar-refractivity contribution < 1.29 is 19.4 Å². The van der Waals surface area contributed by atoms with Crippen molar-refractivity contribution >= 4 is 11.7 Å². The van der Waals surface area contributed by atoms with E-state index in [4.69, 9.17) is 9.47 Å². The lowest BCUT2D eigenvalue weighted by atomic mass is 9.93. The third-order valence-corrected chi connectivity index (χ3v) is 3.66. The maximum atomic E-state index is 11.9. The minimum absolute atomic E-state index is 0.132. The van der Waals surface area contributed by atoms with E-state index < -0.39 is 0 Å². The molecule has 1 aliphatic heterocycles. The highest BCUT2D eigenvalue weighted by atomic mass is 16.7. The van der Waals surface area contributed by atoms with Crippen LogP contribution in [0.1, 0.15) is 25.7 Å². The van der Waals surface area contributed by atoms with Gasteiger partial charge in [0.05, 0.1) is 6.10 Å². The van der Waals surface area contributed by atoms with Crippen molar-refractivity contribution in [1.82, 2.24) is 5.32 Å². The highest BCUT2D eigenvalue weighted by Crippen LogP contribution is 2.34. The Kier molecular flexibility index (Phi) is 3.64. The van der Waals surface area contributed by atoms with Crippen molar-refractivity contribution in [3.8, 4) is 11.5 Å². The number of aliphatic hydroxyl groups excluding tert-OH is 1. The Hall–Kier alpha value is -1.95. The summed E-state index contributed by atoms with van der Waals surface area (Å²) >= 11 is 0. The quantitative estimate of drug-likeness (QED) is 0.771. The number of urea groups is 1. The number of carbonyl (C=O) groups excluding carboxylic acids is 1. The molecule has 6 nitrogen and oxygen atoms in total. The van der Waals surface area contributed by atoms with E-state index in [1.165, 1.54) is 0 Å². The summed E-state index contributed by atoms with van der Waals surface area (Å²) in [5.41, 5.74) is 0.669. The van der Waals surface area contributed by atoms with Crippen molar-refractivity contribution in [3.05, 3.63) is 18.2 Å². The van der Waals surface area contributed by atoms with Crippen molar-refractivity contribution in [2.24, 2.45) is 0 Å². The zero-order valence-electron chi connectivity index (χ0n) is 11.1. The number of hydrogen-bond donors (Lipinski definition) is 3. The Morgan fingerprint density at radius 1 is 1.15 bits per heavy atom. The summed E-state index contributed by atoms with van der Waals surface area (Å²) in [5.74, 6) is 1.33. The second-order valence-corrected chi connectivity index (χ2v) is 5.17. The van der Waals surface area contributed by atoms with Gasteiger partial charge >= 0.3 is 6.03 Å². The van der Waals surface area contributed by atoms with Crippen LogP contribution in [0.3, 0.4) is 0 Å². The average molecular weight is 278 g/mol. The molecule has 0 aromatic heterocycles. The lowest BCUT2D eigenvalue weighted by molar-refractivity contribution is 0.118. The number of fused-ring (bicyclic) bond motifs is 1. The summed E-state index contributed by atoms with van der Waals surface area (Å²) in [5, 5.41) is 15.1. The zero-order valence-corrected chi connectivity index (χ0v) is 11.1. The fourth-order valence-electron chi connectivity index (χ4n) is 2.55. The lowest BCUT2D eigenvalue weighted by Gasteiger charge is -2.26. The first-order valence-electron chi connectivity index (χ1n) is 6.86. The average Bonchev–Trinajstić information content (AvgIpc) is 2.89. The van der Waals surface area contributed by atoms with Gasteiger partial charge in [0.1, 0.15) is 0 Å². The first kappa shape index (κ1) is 13.1. The number of anilines is 1. The number of hydrogen-bond acceptors (Lipinski definition) is 4. The van der Waals surface area contributed by atoms with E-state index in [0.29, 0.717) is 17.2 Å². The van der Waals surface area contributed by atoms with E-state index in [-0.39, 0.29) is 25.0 Å². The van der Waals surface area contributed by atoms with Crippen molar-refractivity contribution in [1.29, 1.82) is 0 Å². The molecule has 1 aromatic rings. The monoisotopic (exact) mass is 278 g/mol. The largest absolute Gasteiger partial charge is 0.454 e. The van der Waals surface area contributed by atoms with Crippen LogP contribution >= 0.6 is 0 Å². The van der Waals surface area contributed by atoms with Gasteiger partial charge in [0.15, 0.2) is 11.5 Å². The molecule has 108 valence electrons. The van der Waals surface area contributed by atoms with E-state index in [2.05, 4.69) is 10.6 Å². The number of carbonyl (C=O) groups is 1. The van der Waals surface area contributed by atoms with E-state index >= 15 is 0 Å². The summed E-state index contributed by atoms with van der Waals surface area (Å²) in [6.45, 7) is 0.218. The molecule has 6 heteroatoms. The van der Waals surface area contributed by atoms with Crippen LogP contribution in [0.25, 0.3) is 0 Å². The molecule has 3 rings (SSSR count). The number of aliphatic hydroxyl groups is 1. The molecular weight excluding hydrogens is 260 g/mol. The number of ether oxygens (including phenoxy) is 2. The Morgan fingerprint density at radius 2 is 1.90 bits per heavy atom. The van der Waals surface area contributed by atoms with E-state index in [9.17, 15) is 9.90 Å². The van der Waals surface area contributed by atoms with Gasteiger partial charge < -0.3 is 25.2 Å². The Labute approximate surface area is 117 Å². The van der Waals surface area contributed by atoms with E-state index in [1.54, 1.807) is 18.2 Å². The molecule has 0 saturated heterocycles. The smallest absolute Gasteiger partial charge is 0.319 e. The standard InChI is InChI=1S/C14H18N2O4/c17-11-4-1-9(2-5-11)15-14(18)16-10-3-6-12-13(7-10)20-8-19-12/h3,6-7,9,11,17H,1-2,4-5,8H2,(H2,15,16,18). The van der Waals surface area contributed by atoms with Crippen LogP contribution in [0.15, 0.2) is 18.2 Å². The zero-order chi connectivity index (χ0) is 13.9. The maximum Gasteiger partial charge on any atom is 0.319 e. The van der Waals surface area contributed by atoms with Crippen LogP contribution < -0.4 is 20.1 Å². The highest BCUT2D eigenvalue weighted by Gasteiger charge is 2.21. The first-order chi connectivity index (χ1) is 9.70. The third-order valence-electron chi connectivity index (χ3n) is 3.66. The highest BCUT2D eigenvalue weighted by molar-refractivity contribution is 5.89. The fourth-order valence-corrected chi connectivity index (χ4v) is 2.55. The molecule has 1 heterocycles. The van der Waals surface area contributed by atoms with Gasteiger partial charge in [-0.15, -0.1) is 0 Å². The Morgan fingerprint density at radius 3 is 2.70 bits per heavy atom. The molecule has 3 N–H and O–H groups in total. The van der Waals surface area contributed by atoms with Crippen LogP contribution in [-0.4, -0.2) is 30.1 Å². The molecule has 0 spiro atoms. The second kappa shape index (κ2) is 5.58. The molecule has 0 radical (unpaired) electrons. The normalized spacial score (nSPS) is 24.2. The summed E-state index contributed by atoms with van der Waals surface area (Å²) in [6, 6.07) is 5.19. The summed E-state index contributed by atoms with van der Waals surface area (Å²) < 4.78 is 10.5. The van der Waals surface area contributed by atoms with Gasteiger partial charge in [-0.05, 0) is 37.8 Å². The molecule has 1 aromatic carbocycles. The number of amides is 2. The maximum absolute atomic E-state index is 11.9. The van der Waals surface area contributed by atoms with Crippen molar-refractivity contribution in [2.45, 2.75) is 37.8 Å². The van der Waals surface area contributed by atoms with Gasteiger partial charge in [0.2, 0.25) is 6.79 Å². The number of nitrogens with one attached hydrogen (secondary N) is 2. The van der Waals surface area contributed by atoms with Gasteiger partial charge in [-0.25, -0.2) is 4.79 Å². The van der Waals surface area contributed by atoms with Gasteiger partial charge in [-0.1, -0.05) is 0 Å². The molecule has 2 aliphatic rings.